The van der Waals surface area contributed by atoms with Crippen LogP contribution in [0.25, 0.3) is 0 Å². The smallest absolute Gasteiger partial charge is 0.157 e. The van der Waals surface area contributed by atoms with Crippen LogP contribution in [-0.2, 0) is 4.79 Å². The lowest BCUT2D eigenvalue weighted by Gasteiger charge is -2.53. The molecule has 2 N–H and O–H groups in total. The van der Waals surface area contributed by atoms with E-state index in [1.807, 2.05) is 31.3 Å². The highest BCUT2D eigenvalue weighted by atomic mass is 35.5. The molecule has 0 bridgehead atoms. The van der Waals surface area contributed by atoms with E-state index in [0.717, 1.165) is 30.2 Å². The van der Waals surface area contributed by atoms with Crippen LogP contribution in [-0.4, -0.2) is 51.3 Å². The Balaban J connectivity index is 0.000000335. The summed E-state index contributed by atoms with van der Waals surface area (Å²) in [6.07, 6.45) is 2.97. The van der Waals surface area contributed by atoms with Crippen molar-refractivity contribution in [3.05, 3.63) is 57.5 Å². The van der Waals surface area contributed by atoms with Crippen LogP contribution < -0.4 is 20.1 Å². The maximum Gasteiger partial charge on any atom is 0.157 e. The lowest BCUT2D eigenvalue weighted by Crippen LogP contribution is -2.66. The molecule has 0 amide bonds. The lowest BCUT2D eigenvalue weighted by molar-refractivity contribution is -0.109. The highest BCUT2D eigenvalue weighted by Gasteiger charge is 2.47. The molecule has 0 saturated heterocycles. The molecule has 184 valence electrons. The van der Waals surface area contributed by atoms with Gasteiger partial charge in [0.05, 0.1) is 17.2 Å². The number of ether oxygens (including phenoxy) is 2. The number of halogens is 4. The summed E-state index contributed by atoms with van der Waals surface area (Å²) < 4.78 is 20.1. The zero-order valence-electron chi connectivity index (χ0n) is 19.4. The monoisotopic (exact) mass is 520 g/mol. The SMILES string of the molecule is CF.CNC1(C)CC(C)(NCCOc2ccc(Cl)cc2)C1.O=CCOc1ccc(Cl)c(Cl)c1. The van der Waals surface area contributed by atoms with Gasteiger partial charge in [0.15, 0.2) is 6.29 Å². The van der Waals surface area contributed by atoms with Crippen molar-refractivity contribution in [3.8, 4) is 11.5 Å². The molecular formula is C24H32Cl3FN2O3. The fourth-order valence-electron chi connectivity index (χ4n) is 3.72. The zero-order chi connectivity index (χ0) is 24.9. The molecule has 3 rings (SSSR count). The van der Waals surface area contributed by atoms with Crippen molar-refractivity contribution in [2.45, 2.75) is 37.8 Å². The molecule has 1 fully saturated rings. The van der Waals surface area contributed by atoms with E-state index in [1.165, 1.54) is 0 Å². The van der Waals surface area contributed by atoms with Gasteiger partial charge in [-0.05, 0) is 70.1 Å². The van der Waals surface area contributed by atoms with E-state index in [2.05, 4.69) is 24.5 Å². The van der Waals surface area contributed by atoms with Crippen molar-refractivity contribution in [2.24, 2.45) is 0 Å². The van der Waals surface area contributed by atoms with Crippen LogP contribution in [0.1, 0.15) is 26.7 Å². The minimum Gasteiger partial charge on any atom is -0.492 e. The second-order valence-corrected chi connectivity index (χ2v) is 9.26. The van der Waals surface area contributed by atoms with Gasteiger partial charge in [-0.15, -0.1) is 0 Å². The van der Waals surface area contributed by atoms with Gasteiger partial charge in [0.1, 0.15) is 24.7 Å². The first-order chi connectivity index (χ1) is 15.7. The van der Waals surface area contributed by atoms with Crippen LogP contribution in [0.4, 0.5) is 4.39 Å². The molecule has 33 heavy (non-hydrogen) atoms. The van der Waals surface area contributed by atoms with Crippen LogP contribution >= 0.6 is 34.8 Å². The van der Waals surface area contributed by atoms with Crippen LogP contribution in [0.2, 0.25) is 15.1 Å². The summed E-state index contributed by atoms with van der Waals surface area (Å²) in [5.41, 5.74) is 0.528. The first-order valence-corrected chi connectivity index (χ1v) is 11.5. The van der Waals surface area contributed by atoms with Gasteiger partial charge in [-0.1, -0.05) is 34.8 Å². The van der Waals surface area contributed by atoms with Gasteiger partial charge in [0, 0.05) is 28.7 Å². The molecule has 0 spiro atoms. The number of aldehydes is 1. The normalized spacial score (nSPS) is 20.8. The maximum atomic E-state index is 9.95. The van der Waals surface area contributed by atoms with Gasteiger partial charge in [-0.25, -0.2) is 0 Å². The van der Waals surface area contributed by atoms with Crippen molar-refractivity contribution < 1.29 is 18.7 Å². The summed E-state index contributed by atoms with van der Waals surface area (Å²) >= 11 is 17.2. The van der Waals surface area contributed by atoms with Crippen LogP contribution in [0.3, 0.4) is 0 Å². The number of benzene rings is 2. The summed E-state index contributed by atoms with van der Waals surface area (Å²) in [7, 11) is 2.53. The average molecular weight is 522 g/mol. The molecule has 0 aromatic heterocycles. The van der Waals surface area contributed by atoms with Gasteiger partial charge in [-0.3, -0.25) is 9.18 Å². The van der Waals surface area contributed by atoms with E-state index in [9.17, 15) is 9.18 Å². The molecule has 0 unspecified atom stereocenters. The Hall–Kier alpha value is -1.57. The molecule has 1 aliphatic carbocycles. The van der Waals surface area contributed by atoms with Crippen molar-refractivity contribution in [1.29, 1.82) is 0 Å². The fourth-order valence-corrected chi connectivity index (χ4v) is 4.14. The molecule has 0 radical (unpaired) electrons. The van der Waals surface area contributed by atoms with Crippen LogP contribution in [0.5, 0.6) is 11.5 Å². The Morgan fingerprint density at radius 3 is 2.09 bits per heavy atom. The highest BCUT2D eigenvalue weighted by Crippen LogP contribution is 2.40. The number of carbonyl (C=O) groups is 1. The standard InChI is InChI=1S/C15H23ClN2O.C8H6Cl2O2.CH3F/c1-14(17-3)10-15(2,11-14)18-8-9-19-13-6-4-12(16)5-7-13;9-7-2-1-6(5-8(7)10)12-4-3-11;1-2/h4-7,17-18H,8-11H2,1-3H3;1-3,5H,4H2;1H3. The third-order valence-electron chi connectivity index (χ3n) is 5.11. The Kier molecular flexibility index (Phi) is 13.1. The summed E-state index contributed by atoms with van der Waals surface area (Å²) in [5, 5.41) is 8.57. The van der Waals surface area contributed by atoms with E-state index >= 15 is 0 Å². The molecule has 2 aromatic carbocycles. The number of nitrogens with one attached hydrogen (secondary N) is 2. The number of alkyl halides is 1. The third-order valence-corrected chi connectivity index (χ3v) is 6.10. The summed E-state index contributed by atoms with van der Waals surface area (Å²) in [4.78, 5) is 9.95. The maximum absolute atomic E-state index is 9.95. The molecule has 5 nitrogen and oxygen atoms in total. The minimum atomic E-state index is 0.0258. The first-order valence-electron chi connectivity index (χ1n) is 10.4. The van der Waals surface area contributed by atoms with Gasteiger partial charge >= 0.3 is 0 Å². The second kappa shape index (κ2) is 14.6. The summed E-state index contributed by atoms with van der Waals surface area (Å²) in [5.74, 6) is 1.40. The molecule has 1 saturated carbocycles. The summed E-state index contributed by atoms with van der Waals surface area (Å²) in [6.45, 7) is 6.10. The topological polar surface area (TPSA) is 59.6 Å². The molecular weight excluding hydrogens is 490 g/mol. The number of carbonyl (C=O) groups excluding carboxylic acids is 1. The van der Waals surface area contributed by atoms with Crippen molar-refractivity contribution in [2.75, 3.05) is 34.0 Å². The molecule has 0 heterocycles. The highest BCUT2D eigenvalue weighted by molar-refractivity contribution is 6.42. The molecule has 9 heteroatoms. The van der Waals surface area contributed by atoms with Crippen molar-refractivity contribution >= 4 is 41.1 Å². The second-order valence-electron chi connectivity index (χ2n) is 8.01. The molecule has 2 aromatic rings. The largest absolute Gasteiger partial charge is 0.492 e. The Labute approximate surface area is 210 Å². The van der Waals surface area contributed by atoms with E-state index in [-0.39, 0.29) is 12.1 Å². The number of hydrogen-bond donors (Lipinski definition) is 2. The average Bonchev–Trinajstić information content (AvgIpc) is 2.79. The molecule has 0 aliphatic heterocycles. The summed E-state index contributed by atoms with van der Waals surface area (Å²) in [6, 6.07) is 12.3. The predicted octanol–water partition coefficient (Wildman–Crippen LogP) is 6.00. The Morgan fingerprint density at radius 2 is 1.55 bits per heavy atom. The van der Waals surface area contributed by atoms with E-state index in [4.69, 9.17) is 44.3 Å². The quantitative estimate of drug-likeness (QED) is 0.313. The van der Waals surface area contributed by atoms with E-state index < -0.39 is 0 Å². The van der Waals surface area contributed by atoms with Crippen molar-refractivity contribution in [1.82, 2.24) is 10.6 Å². The Morgan fingerprint density at radius 1 is 0.939 bits per heavy atom. The van der Waals surface area contributed by atoms with Gasteiger partial charge in [-0.2, -0.15) is 0 Å². The van der Waals surface area contributed by atoms with Gasteiger partial charge < -0.3 is 20.1 Å². The third kappa shape index (κ3) is 10.5. The van der Waals surface area contributed by atoms with Crippen LogP contribution in [0.15, 0.2) is 42.5 Å². The van der Waals surface area contributed by atoms with Crippen LogP contribution in [0, 0.1) is 0 Å². The predicted molar refractivity (Wildman–Crippen MR) is 135 cm³/mol. The minimum absolute atomic E-state index is 0.0258. The Bertz CT molecular complexity index is 847. The lowest BCUT2D eigenvalue weighted by atomic mass is 9.64. The number of rotatable bonds is 9. The number of hydrogen-bond acceptors (Lipinski definition) is 5. The van der Waals surface area contributed by atoms with Gasteiger partial charge in [0.25, 0.3) is 0 Å². The van der Waals surface area contributed by atoms with E-state index in [0.29, 0.717) is 41.4 Å². The zero-order valence-corrected chi connectivity index (χ0v) is 21.7. The first kappa shape index (κ1) is 29.5. The molecule has 1 aliphatic rings. The fraction of sp³-hybridized carbons (Fsp3) is 0.458. The molecule has 0 atom stereocenters. The van der Waals surface area contributed by atoms with Gasteiger partial charge in [0.2, 0.25) is 0 Å². The van der Waals surface area contributed by atoms with E-state index in [1.54, 1.807) is 18.2 Å². The van der Waals surface area contributed by atoms with Crippen molar-refractivity contribution in [3.63, 3.8) is 0 Å².